The Kier molecular flexibility index (Phi) is 6.12. The maximum absolute atomic E-state index is 13.0. The second kappa shape index (κ2) is 8.23. The van der Waals surface area contributed by atoms with Gasteiger partial charge in [-0.2, -0.15) is 4.31 Å². The van der Waals surface area contributed by atoms with Crippen molar-refractivity contribution in [3.63, 3.8) is 0 Å². The van der Waals surface area contributed by atoms with E-state index in [0.717, 1.165) is 11.1 Å². The van der Waals surface area contributed by atoms with Crippen molar-refractivity contribution in [1.82, 2.24) is 9.62 Å². The fraction of sp³-hybridized carbons (Fsp3) is 0.381. The van der Waals surface area contributed by atoms with Crippen molar-refractivity contribution in [3.05, 3.63) is 64.2 Å². The highest BCUT2D eigenvalue weighted by atomic mass is 35.5. The van der Waals surface area contributed by atoms with E-state index in [9.17, 15) is 13.2 Å². The SMILES string of the molecule is Cc1ccc([C@@H](C)NC(=O)[C@H]2CCCN2S(=O)(=O)c2ccc(Cl)cc2)cc1C. The van der Waals surface area contributed by atoms with E-state index in [1.807, 2.05) is 32.9 Å². The minimum atomic E-state index is -3.75. The Morgan fingerprint density at radius 1 is 1.14 bits per heavy atom. The van der Waals surface area contributed by atoms with Crippen LogP contribution in [0.1, 0.15) is 42.5 Å². The van der Waals surface area contributed by atoms with Crippen molar-refractivity contribution in [3.8, 4) is 0 Å². The first-order valence-electron chi connectivity index (χ1n) is 9.35. The van der Waals surface area contributed by atoms with Crippen LogP contribution >= 0.6 is 11.6 Å². The molecule has 0 aromatic heterocycles. The first kappa shape index (κ1) is 20.8. The first-order chi connectivity index (χ1) is 13.2. The standard InChI is InChI=1S/C21H25ClN2O3S/c1-14-6-7-17(13-15(14)2)16(3)23-21(25)20-5-4-12-24(20)28(26,27)19-10-8-18(22)9-11-19/h6-11,13,16,20H,4-5,12H2,1-3H3,(H,23,25)/t16-,20-/m1/s1. The lowest BCUT2D eigenvalue weighted by Crippen LogP contribution is -2.46. The molecule has 0 radical (unpaired) electrons. The molecule has 3 rings (SSSR count). The highest BCUT2D eigenvalue weighted by molar-refractivity contribution is 7.89. The van der Waals surface area contributed by atoms with E-state index >= 15 is 0 Å². The number of halogens is 1. The van der Waals surface area contributed by atoms with Gasteiger partial charge in [0.15, 0.2) is 0 Å². The molecule has 0 unspecified atom stereocenters. The molecule has 0 spiro atoms. The molecule has 0 bridgehead atoms. The van der Waals surface area contributed by atoms with Crippen molar-refractivity contribution < 1.29 is 13.2 Å². The van der Waals surface area contributed by atoms with Gasteiger partial charge in [-0.25, -0.2) is 8.42 Å². The molecule has 0 aliphatic carbocycles. The largest absolute Gasteiger partial charge is 0.348 e. The highest BCUT2D eigenvalue weighted by Gasteiger charge is 2.39. The molecule has 1 aliphatic heterocycles. The van der Waals surface area contributed by atoms with E-state index in [0.29, 0.717) is 24.4 Å². The predicted octanol–water partition coefficient (Wildman–Crippen LogP) is 3.99. The number of nitrogens with zero attached hydrogens (tertiary/aromatic N) is 1. The molecule has 1 amide bonds. The molecule has 7 heteroatoms. The average molecular weight is 421 g/mol. The van der Waals surface area contributed by atoms with Gasteiger partial charge in [0.2, 0.25) is 15.9 Å². The number of rotatable bonds is 5. The monoisotopic (exact) mass is 420 g/mol. The van der Waals surface area contributed by atoms with Gasteiger partial charge in [-0.15, -0.1) is 0 Å². The minimum Gasteiger partial charge on any atom is -0.348 e. The van der Waals surface area contributed by atoms with Gasteiger partial charge in [0.05, 0.1) is 10.9 Å². The topological polar surface area (TPSA) is 66.5 Å². The fourth-order valence-electron chi connectivity index (χ4n) is 3.46. The molecule has 150 valence electrons. The van der Waals surface area contributed by atoms with Crippen LogP contribution in [0.3, 0.4) is 0 Å². The van der Waals surface area contributed by atoms with Crippen molar-refractivity contribution in [2.24, 2.45) is 0 Å². The molecule has 2 atom stereocenters. The lowest BCUT2D eigenvalue weighted by molar-refractivity contribution is -0.124. The molecular weight excluding hydrogens is 396 g/mol. The Morgan fingerprint density at radius 2 is 1.82 bits per heavy atom. The highest BCUT2D eigenvalue weighted by Crippen LogP contribution is 2.28. The summed E-state index contributed by atoms with van der Waals surface area (Å²) in [5.74, 6) is -0.263. The van der Waals surface area contributed by atoms with Crippen LogP contribution in [0.5, 0.6) is 0 Å². The number of benzene rings is 2. The molecule has 2 aromatic carbocycles. The lowest BCUT2D eigenvalue weighted by Gasteiger charge is -2.25. The van der Waals surface area contributed by atoms with Crippen LogP contribution in [0.25, 0.3) is 0 Å². The zero-order chi connectivity index (χ0) is 20.5. The summed E-state index contributed by atoms with van der Waals surface area (Å²) in [7, 11) is -3.75. The van der Waals surface area contributed by atoms with Crippen LogP contribution in [0.15, 0.2) is 47.4 Å². The Bertz CT molecular complexity index is 974. The van der Waals surface area contributed by atoms with E-state index in [1.54, 1.807) is 12.1 Å². The molecule has 1 saturated heterocycles. The van der Waals surface area contributed by atoms with Crippen molar-refractivity contribution in [2.75, 3.05) is 6.54 Å². The number of nitrogens with one attached hydrogen (secondary N) is 1. The number of sulfonamides is 1. The Morgan fingerprint density at radius 3 is 2.46 bits per heavy atom. The van der Waals surface area contributed by atoms with Gasteiger partial charge in [-0.1, -0.05) is 29.8 Å². The molecule has 1 fully saturated rings. The second-order valence-corrected chi connectivity index (χ2v) is 9.63. The summed E-state index contributed by atoms with van der Waals surface area (Å²) in [5, 5.41) is 3.45. The molecule has 1 N–H and O–H groups in total. The van der Waals surface area contributed by atoms with Crippen LogP contribution in [-0.4, -0.2) is 31.2 Å². The summed E-state index contributed by atoms with van der Waals surface area (Å²) in [6.07, 6.45) is 1.17. The van der Waals surface area contributed by atoms with E-state index < -0.39 is 16.1 Å². The minimum absolute atomic E-state index is 0.152. The summed E-state index contributed by atoms with van der Waals surface area (Å²) in [6.45, 7) is 6.32. The Hall–Kier alpha value is -1.89. The lowest BCUT2D eigenvalue weighted by atomic mass is 10.0. The van der Waals surface area contributed by atoms with Gasteiger partial charge in [-0.3, -0.25) is 4.79 Å². The van der Waals surface area contributed by atoms with Gasteiger partial charge in [0, 0.05) is 11.6 Å². The smallest absolute Gasteiger partial charge is 0.243 e. The molecule has 0 saturated carbocycles. The third-order valence-corrected chi connectivity index (χ3v) is 7.49. The maximum Gasteiger partial charge on any atom is 0.243 e. The molecule has 1 aliphatic rings. The van der Waals surface area contributed by atoms with E-state index in [1.165, 1.54) is 22.0 Å². The van der Waals surface area contributed by atoms with Gasteiger partial charge >= 0.3 is 0 Å². The summed E-state index contributed by atoms with van der Waals surface area (Å²) in [5.41, 5.74) is 3.35. The van der Waals surface area contributed by atoms with Crippen molar-refractivity contribution in [2.45, 2.75) is 50.6 Å². The second-order valence-electron chi connectivity index (χ2n) is 7.30. The zero-order valence-corrected chi connectivity index (χ0v) is 17.8. The van der Waals surface area contributed by atoms with Gasteiger partial charge in [-0.05, 0) is 74.6 Å². The van der Waals surface area contributed by atoms with Gasteiger partial charge in [0.25, 0.3) is 0 Å². The van der Waals surface area contributed by atoms with E-state index in [4.69, 9.17) is 11.6 Å². The summed E-state index contributed by atoms with van der Waals surface area (Å²) in [6, 6.07) is 11.2. The molecule has 2 aromatic rings. The predicted molar refractivity (Wildman–Crippen MR) is 111 cm³/mol. The van der Waals surface area contributed by atoms with E-state index in [2.05, 4.69) is 11.4 Å². The third-order valence-electron chi connectivity index (χ3n) is 5.32. The zero-order valence-electron chi connectivity index (χ0n) is 16.3. The van der Waals surface area contributed by atoms with Gasteiger partial charge < -0.3 is 5.32 Å². The van der Waals surface area contributed by atoms with Crippen molar-refractivity contribution >= 4 is 27.5 Å². The molecule has 28 heavy (non-hydrogen) atoms. The number of amides is 1. The number of aryl methyl sites for hydroxylation is 2. The van der Waals surface area contributed by atoms with Crippen LogP contribution in [0, 0.1) is 13.8 Å². The molecule has 5 nitrogen and oxygen atoms in total. The molecular formula is C21H25ClN2O3S. The van der Waals surface area contributed by atoms with Crippen LogP contribution in [0.4, 0.5) is 0 Å². The number of hydrogen-bond donors (Lipinski definition) is 1. The van der Waals surface area contributed by atoms with Crippen molar-refractivity contribution in [1.29, 1.82) is 0 Å². The fourth-order valence-corrected chi connectivity index (χ4v) is 5.24. The molecule has 1 heterocycles. The van der Waals surface area contributed by atoms with Crippen LogP contribution in [-0.2, 0) is 14.8 Å². The number of carbonyl (C=O) groups is 1. The average Bonchev–Trinajstić information content (AvgIpc) is 3.15. The summed E-state index contributed by atoms with van der Waals surface area (Å²) < 4.78 is 27.3. The van der Waals surface area contributed by atoms with Crippen LogP contribution < -0.4 is 5.32 Å². The first-order valence-corrected chi connectivity index (χ1v) is 11.2. The van der Waals surface area contributed by atoms with Gasteiger partial charge in [0.1, 0.15) is 6.04 Å². The Labute approximate surface area is 171 Å². The summed E-state index contributed by atoms with van der Waals surface area (Å²) >= 11 is 5.86. The van der Waals surface area contributed by atoms with E-state index in [-0.39, 0.29) is 16.8 Å². The maximum atomic E-state index is 13.0. The Balaban J connectivity index is 1.77. The number of hydrogen-bond acceptors (Lipinski definition) is 3. The van der Waals surface area contributed by atoms with Crippen LogP contribution in [0.2, 0.25) is 5.02 Å². The number of carbonyl (C=O) groups excluding carboxylic acids is 1. The third kappa shape index (κ3) is 4.24. The summed E-state index contributed by atoms with van der Waals surface area (Å²) in [4.78, 5) is 13.0. The normalized spacial score (nSPS) is 18.8. The quantitative estimate of drug-likeness (QED) is 0.795.